The summed E-state index contributed by atoms with van der Waals surface area (Å²) in [5.41, 5.74) is 0.265. The number of fused-ring (bicyclic) bond motifs is 1. The second-order valence-corrected chi connectivity index (χ2v) is 8.58. The van der Waals surface area contributed by atoms with Crippen LogP contribution in [0, 0.1) is 5.82 Å². The molecule has 2 aromatic heterocycles. The fourth-order valence-corrected chi connectivity index (χ4v) is 4.63. The van der Waals surface area contributed by atoms with Crippen LogP contribution in [0.1, 0.15) is 60.2 Å². The van der Waals surface area contributed by atoms with Crippen molar-refractivity contribution in [3.63, 3.8) is 0 Å². The largest absolute Gasteiger partial charge is 0.327 e. The molecule has 3 heterocycles. The van der Waals surface area contributed by atoms with E-state index in [4.69, 9.17) is 11.6 Å². The molecule has 1 aromatic carbocycles. The van der Waals surface area contributed by atoms with E-state index < -0.39 is 5.82 Å². The normalized spacial score (nSPS) is 19.1. The van der Waals surface area contributed by atoms with Crippen molar-refractivity contribution in [2.75, 3.05) is 6.54 Å². The highest BCUT2D eigenvalue weighted by molar-refractivity contribution is 7.09. The van der Waals surface area contributed by atoms with Gasteiger partial charge in [0.25, 0.3) is 5.91 Å². The van der Waals surface area contributed by atoms with Crippen LogP contribution in [0.2, 0.25) is 5.02 Å². The number of carbonyl (C=O) groups excluding carboxylic acids is 1. The predicted octanol–water partition coefficient (Wildman–Crippen LogP) is 4.07. The topological polar surface area (TPSA) is 76.8 Å². The van der Waals surface area contributed by atoms with Crippen molar-refractivity contribution in [1.29, 1.82) is 0 Å². The van der Waals surface area contributed by atoms with Gasteiger partial charge in [-0.25, -0.2) is 9.37 Å². The minimum absolute atomic E-state index is 0.00375. The summed E-state index contributed by atoms with van der Waals surface area (Å²) >= 11 is 7.08. The van der Waals surface area contributed by atoms with Gasteiger partial charge in [-0.15, -0.1) is 10.2 Å². The van der Waals surface area contributed by atoms with Crippen LogP contribution in [0.4, 0.5) is 4.39 Å². The second-order valence-electron chi connectivity index (χ2n) is 7.42. The molecule has 1 amide bonds. The maximum absolute atomic E-state index is 13.8. The molecule has 0 saturated heterocycles. The summed E-state index contributed by atoms with van der Waals surface area (Å²) in [5.74, 6) is 1.89. The van der Waals surface area contributed by atoms with Gasteiger partial charge in [0.15, 0.2) is 16.7 Å². The Labute approximate surface area is 175 Å². The highest BCUT2D eigenvalue weighted by Gasteiger charge is 2.33. The van der Waals surface area contributed by atoms with E-state index in [1.54, 1.807) is 4.90 Å². The number of amides is 1. The third-order valence-corrected chi connectivity index (χ3v) is 6.75. The Morgan fingerprint density at radius 3 is 2.83 bits per heavy atom. The fraction of sp³-hybridized carbons (Fsp3) is 0.421. The zero-order valence-corrected chi connectivity index (χ0v) is 17.3. The Bertz CT molecular complexity index is 1090. The van der Waals surface area contributed by atoms with Crippen molar-refractivity contribution in [3.05, 3.63) is 46.3 Å². The Morgan fingerprint density at radius 2 is 2.10 bits per heavy atom. The molecule has 1 aliphatic heterocycles. The monoisotopic (exact) mass is 432 g/mol. The van der Waals surface area contributed by atoms with Gasteiger partial charge in [-0.2, -0.15) is 4.37 Å². The first-order valence-corrected chi connectivity index (χ1v) is 10.7. The summed E-state index contributed by atoms with van der Waals surface area (Å²) in [6.45, 7) is 2.91. The van der Waals surface area contributed by atoms with Gasteiger partial charge >= 0.3 is 0 Å². The SMILES string of the molecule is C[C@@H]1c2nnc(-c3nc(C4CCC4)ns3)n2CCN1C(=O)c1ccc(Cl)c(F)c1. The molecule has 7 nitrogen and oxygen atoms in total. The molecule has 5 rings (SSSR count). The van der Waals surface area contributed by atoms with Crippen LogP contribution in [-0.2, 0) is 6.54 Å². The number of hydrogen-bond donors (Lipinski definition) is 0. The average Bonchev–Trinajstić information content (AvgIpc) is 3.30. The van der Waals surface area contributed by atoms with Crippen LogP contribution in [0.15, 0.2) is 18.2 Å². The van der Waals surface area contributed by atoms with E-state index >= 15 is 0 Å². The number of halogens is 2. The highest BCUT2D eigenvalue weighted by Crippen LogP contribution is 2.37. The lowest BCUT2D eigenvalue weighted by Crippen LogP contribution is -2.41. The molecule has 1 saturated carbocycles. The molecule has 29 heavy (non-hydrogen) atoms. The van der Waals surface area contributed by atoms with E-state index in [0.717, 1.165) is 23.7 Å². The van der Waals surface area contributed by atoms with Gasteiger partial charge in [0.2, 0.25) is 0 Å². The summed E-state index contributed by atoms with van der Waals surface area (Å²) in [5, 5.41) is 9.41. The van der Waals surface area contributed by atoms with E-state index in [-0.39, 0.29) is 22.5 Å². The maximum atomic E-state index is 13.8. The average molecular weight is 433 g/mol. The zero-order valence-electron chi connectivity index (χ0n) is 15.7. The third-order valence-electron chi connectivity index (χ3n) is 5.72. The number of rotatable bonds is 3. The highest BCUT2D eigenvalue weighted by atomic mass is 35.5. The molecule has 10 heteroatoms. The molecule has 0 bridgehead atoms. The van der Waals surface area contributed by atoms with Crippen LogP contribution in [0.3, 0.4) is 0 Å². The Hall–Kier alpha value is -2.39. The lowest BCUT2D eigenvalue weighted by atomic mass is 9.85. The minimum atomic E-state index is -0.605. The van der Waals surface area contributed by atoms with Crippen molar-refractivity contribution in [1.82, 2.24) is 29.0 Å². The first kappa shape index (κ1) is 18.6. The molecule has 3 aromatic rings. The summed E-state index contributed by atoms with van der Waals surface area (Å²) in [6, 6.07) is 3.81. The molecule has 1 aliphatic carbocycles. The van der Waals surface area contributed by atoms with Crippen LogP contribution in [0.5, 0.6) is 0 Å². The standard InChI is InChI=1S/C19H18ClFN6OS/c1-10-16-23-24-17(18-22-15(25-29-18)11-3-2-4-11)27(16)8-7-26(10)19(28)12-5-6-13(20)14(21)9-12/h5-6,9-11H,2-4,7-8H2,1H3/t10-/m1/s1. The Balaban J connectivity index is 1.41. The number of benzene rings is 1. The third kappa shape index (κ3) is 3.12. The summed E-state index contributed by atoms with van der Waals surface area (Å²) in [7, 11) is 0. The van der Waals surface area contributed by atoms with E-state index in [0.29, 0.717) is 30.7 Å². The summed E-state index contributed by atoms with van der Waals surface area (Å²) in [6.07, 6.45) is 3.53. The molecular formula is C19H18ClFN6OS. The lowest BCUT2D eigenvalue weighted by Gasteiger charge is -2.33. The van der Waals surface area contributed by atoms with E-state index in [9.17, 15) is 9.18 Å². The summed E-state index contributed by atoms with van der Waals surface area (Å²) in [4.78, 5) is 19.3. The molecular weight excluding hydrogens is 415 g/mol. The van der Waals surface area contributed by atoms with Gasteiger partial charge in [-0.05, 0) is 49.5 Å². The van der Waals surface area contributed by atoms with Gasteiger partial charge in [0.1, 0.15) is 11.6 Å². The quantitative estimate of drug-likeness (QED) is 0.623. The zero-order chi connectivity index (χ0) is 20.1. The molecule has 1 atom stereocenters. The van der Waals surface area contributed by atoms with E-state index in [1.165, 1.54) is 36.2 Å². The Morgan fingerprint density at radius 1 is 1.28 bits per heavy atom. The molecule has 2 aliphatic rings. The van der Waals surface area contributed by atoms with Gasteiger partial charge in [0.05, 0.1) is 11.1 Å². The van der Waals surface area contributed by atoms with Crippen LogP contribution in [-0.4, -0.2) is 41.5 Å². The maximum Gasteiger partial charge on any atom is 0.254 e. The van der Waals surface area contributed by atoms with Crippen LogP contribution < -0.4 is 0 Å². The van der Waals surface area contributed by atoms with Crippen molar-refractivity contribution in [2.45, 2.75) is 44.7 Å². The molecule has 1 fully saturated rings. The minimum Gasteiger partial charge on any atom is -0.327 e. The van der Waals surface area contributed by atoms with Crippen molar-refractivity contribution < 1.29 is 9.18 Å². The smallest absolute Gasteiger partial charge is 0.254 e. The van der Waals surface area contributed by atoms with Crippen molar-refractivity contribution in [3.8, 4) is 10.8 Å². The van der Waals surface area contributed by atoms with E-state index in [1.807, 2.05) is 11.5 Å². The number of hydrogen-bond acceptors (Lipinski definition) is 6. The van der Waals surface area contributed by atoms with Crippen LogP contribution in [0.25, 0.3) is 10.8 Å². The predicted molar refractivity (Wildman–Crippen MR) is 106 cm³/mol. The Kier molecular flexibility index (Phi) is 4.59. The van der Waals surface area contributed by atoms with E-state index in [2.05, 4.69) is 19.6 Å². The van der Waals surface area contributed by atoms with Crippen LogP contribution >= 0.6 is 23.1 Å². The van der Waals surface area contributed by atoms with Crippen molar-refractivity contribution in [2.24, 2.45) is 0 Å². The van der Waals surface area contributed by atoms with Gasteiger partial charge in [-0.1, -0.05) is 18.0 Å². The lowest BCUT2D eigenvalue weighted by molar-refractivity contribution is 0.0638. The molecule has 0 unspecified atom stereocenters. The number of aromatic nitrogens is 5. The summed E-state index contributed by atoms with van der Waals surface area (Å²) < 4.78 is 20.3. The first-order valence-electron chi connectivity index (χ1n) is 9.56. The number of nitrogens with zero attached hydrogens (tertiary/aromatic N) is 6. The number of carbonyl (C=O) groups is 1. The fourth-order valence-electron chi connectivity index (χ4n) is 3.77. The molecule has 0 radical (unpaired) electrons. The van der Waals surface area contributed by atoms with Gasteiger partial charge in [-0.3, -0.25) is 4.79 Å². The molecule has 0 spiro atoms. The molecule has 150 valence electrons. The van der Waals surface area contributed by atoms with Crippen molar-refractivity contribution >= 4 is 29.0 Å². The molecule has 0 N–H and O–H groups in total. The van der Waals surface area contributed by atoms with Gasteiger partial charge in [0, 0.05) is 24.6 Å². The first-order chi connectivity index (χ1) is 14.0. The van der Waals surface area contributed by atoms with Gasteiger partial charge < -0.3 is 9.47 Å². The second kappa shape index (κ2) is 7.14.